The summed E-state index contributed by atoms with van der Waals surface area (Å²) in [5.74, 6) is 0. The second kappa shape index (κ2) is 6.16. The van der Waals surface area contributed by atoms with Crippen LogP contribution < -0.4 is 0 Å². The minimum Gasteiger partial charge on any atom is -0.0622 e. The summed E-state index contributed by atoms with van der Waals surface area (Å²) in [6.07, 6.45) is 0. The lowest BCUT2D eigenvalue weighted by molar-refractivity contribution is 1.64. The molecular formula is C26H17. The zero-order valence-electron chi connectivity index (χ0n) is 14.3. The van der Waals surface area contributed by atoms with Crippen LogP contribution in [0.15, 0.2) is 103 Å². The number of hydrogen-bond acceptors (Lipinski definition) is 0. The van der Waals surface area contributed by atoms with Crippen molar-refractivity contribution in [1.29, 1.82) is 0 Å². The zero-order chi connectivity index (χ0) is 17.3. The van der Waals surface area contributed by atoms with Gasteiger partial charge >= 0.3 is 0 Å². The summed E-state index contributed by atoms with van der Waals surface area (Å²) in [6, 6.07) is 39.8. The molecule has 0 aliphatic rings. The van der Waals surface area contributed by atoms with Gasteiger partial charge in [-0.3, -0.25) is 0 Å². The quantitative estimate of drug-likeness (QED) is 0.302. The Balaban J connectivity index is 2.02. The van der Waals surface area contributed by atoms with Crippen LogP contribution in [0.1, 0.15) is 0 Å². The van der Waals surface area contributed by atoms with E-state index in [9.17, 15) is 0 Å². The molecule has 0 heteroatoms. The molecule has 0 aliphatic carbocycles. The number of rotatable bonds is 2. The molecule has 0 aliphatic heterocycles. The molecule has 0 unspecified atom stereocenters. The molecule has 0 N–H and O–H groups in total. The molecular weight excluding hydrogens is 312 g/mol. The highest BCUT2D eigenvalue weighted by atomic mass is 14.2. The van der Waals surface area contributed by atoms with E-state index >= 15 is 0 Å². The van der Waals surface area contributed by atoms with E-state index in [-0.39, 0.29) is 0 Å². The summed E-state index contributed by atoms with van der Waals surface area (Å²) in [5.41, 5.74) is 4.95. The van der Waals surface area contributed by atoms with E-state index in [1.807, 2.05) is 12.1 Å². The Bertz CT molecular complexity index is 1050. The Morgan fingerprint density at radius 3 is 1.46 bits per heavy atom. The summed E-state index contributed by atoms with van der Waals surface area (Å²) in [4.78, 5) is 0. The minimum absolute atomic E-state index is 1.14. The van der Waals surface area contributed by atoms with Gasteiger partial charge in [0.15, 0.2) is 0 Å². The Hall–Kier alpha value is -3.38. The molecule has 121 valence electrons. The first-order valence-corrected chi connectivity index (χ1v) is 8.89. The van der Waals surface area contributed by atoms with E-state index in [2.05, 4.69) is 97.1 Å². The third-order valence-corrected chi connectivity index (χ3v) is 4.97. The molecule has 0 amide bonds. The molecule has 0 saturated heterocycles. The molecule has 5 aromatic carbocycles. The van der Waals surface area contributed by atoms with Gasteiger partial charge in [-0.05, 0) is 49.9 Å². The van der Waals surface area contributed by atoms with Crippen LogP contribution in [0.4, 0.5) is 0 Å². The van der Waals surface area contributed by atoms with E-state index in [1.54, 1.807) is 0 Å². The lowest BCUT2D eigenvalue weighted by Crippen LogP contribution is -1.90. The second-order valence-corrected chi connectivity index (χ2v) is 6.48. The van der Waals surface area contributed by atoms with E-state index < -0.39 is 0 Å². The Kier molecular flexibility index (Phi) is 3.54. The van der Waals surface area contributed by atoms with Gasteiger partial charge in [0.2, 0.25) is 0 Å². The van der Waals surface area contributed by atoms with Crippen LogP contribution in [0.2, 0.25) is 0 Å². The van der Waals surface area contributed by atoms with Gasteiger partial charge in [0, 0.05) is 0 Å². The maximum atomic E-state index is 3.43. The van der Waals surface area contributed by atoms with Crippen molar-refractivity contribution in [3.63, 3.8) is 0 Å². The van der Waals surface area contributed by atoms with Crippen molar-refractivity contribution in [3.8, 4) is 22.3 Å². The van der Waals surface area contributed by atoms with Crippen molar-refractivity contribution >= 4 is 21.5 Å². The van der Waals surface area contributed by atoms with Crippen LogP contribution in [0.25, 0.3) is 43.8 Å². The first kappa shape index (κ1) is 14.9. The fraction of sp³-hybridized carbons (Fsp3) is 0. The Labute approximate surface area is 153 Å². The molecule has 0 nitrogen and oxygen atoms in total. The number of benzene rings is 5. The van der Waals surface area contributed by atoms with Gasteiger partial charge in [-0.1, -0.05) is 103 Å². The highest BCUT2D eigenvalue weighted by Crippen LogP contribution is 2.43. The van der Waals surface area contributed by atoms with Gasteiger partial charge in [-0.15, -0.1) is 0 Å². The van der Waals surface area contributed by atoms with Crippen LogP contribution in [-0.4, -0.2) is 0 Å². The van der Waals surface area contributed by atoms with Crippen molar-refractivity contribution in [2.45, 2.75) is 0 Å². The molecule has 26 heavy (non-hydrogen) atoms. The van der Waals surface area contributed by atoms with E-state index in [4.69, 9.17) is 0 Å². The second-order valence-electron chi connectivity index (χ2n) is 6.48. The van der Waals surface area contributed by atoms with Gasteiger partial charge in [0.1, 0.15) is 0 Å². The van der Waals surface area contributed by atoms with E-state index in [0.717, 1.165) is 5.56 Å². The average molecular weight is 329 g/mol. The fourth-order valence-electron chi connectivity index (χ4n) is 3.88. The van der Waals surface area contributed by atoms with Crippen LogP contribution >= 0.6 is 0 Å². The van der Waals surface area contributed by atoms with E-state index in [0.29, 0.717) is 0 Å². The third-order valence-electron chi connectivity index (χ3n) is 4.97. The number of fused-ring (bicyclic) bond motifs is 2. The molecule has 0 atom stereocenters. The normalized spacial score (nSPS) is 11.1. The molecule has 1 radical (unpaired) electrons. The predicted octanol–water partition coefficient (Wildman–Crippen LogP) is 7.13. The fourth-order valence-corrected chi connectivity index (χ4v) is 3.88. The van der Waals surface area contributed by atoms with Gasteiger partial charge in [0.25, 0.3) is 0 Å². The third kappa shape index (κ3) is 2.31. The van der Waals surface area contributed by atoms with Crippen LogP contribution in [-0.2, 0) is 0 Å². The molecule has 0 heterocycles. The average Bonchev–Trinajstić information content (AvgIpc) is 2.73. The van der Waals surface area contributed by atoms with Crippen molar-refractivity contribution in [2.24, 2.45) is 0 Å². The first-order chi connectivity index (χ1) is 12.9. The highest BCUT2D eigenvalue weighted by molar-refractivity contribution is 6.21. The SMILES string of the molecule is [c]1ccccc1-c1c2ccccc2c(-c2ccccc2)c2ccccc12. The molecule has 0 saturated carbocycles. The molecule has 0 aromatic heterocycles. The maximum Gasteiger partial charge on any atom is -0.00201 e. The van der Waals surface area contributed by atoms with Crippen molar-refractivity contribution < 1.29 is 0 Å². The minimum atomic E-state index is 1.14. The highest BCUT2D eigenvalue weighted by Gasteiger charge is 2.15. The largest absolute Gasteiger partial charge is 0.0622 e. The summed E-state index contributed by atoms with van der Waals surface area (Å²) >= 11 is 0. The zero-order valence-corrected chi connectivity index (χ0v) is 14.3. The standard InChI is InChI=1S/C26H17/c1-3-11-19(12-4-1)25-21-15-7-9-17-23(21)26(20-13-5-2-6-14-20)24-18-10-8-16-22(24)25/h1-13,15-18H. The summed E-state index contributed by atoms with van der Waals surface area (Å²) in [5, 5.41) is 5.11. The van der Waals surface area contributed by atoms with Gasteiger partial charge < -0.3 is 0 Å². The van der Waals surface area contributed by atoms with E-state index in [1.165, 1.54) is 38.2 Å². The molecule has 0 bridgehead atoms. The monoisotopic (exact) mass is 329 g/mol. The molecule has 0 spiro atoms. The lowest BCUT2D eigenvalue weighted by Gasteiger charge is -2.17. The molecule has 5 aromatic rings. The summed E-state index contributed by atoms with van der Waals surface area (Å²) in [6.45, 7) is 0. The first-order valence-electron chi connectivity index (χ1n) is 8.89. The Morgan fingerprint density at radius 1 is 0.423 bits per heavy atom. The predicted molar refractivity (Wildman–Crippen MR) is 111 cm³/mol. The van der Waals surface area contributed by atoms with Crippen LogP contribution in [0.3, 0.4) is 0 Å². The van der Waals surface area contributed by atoms with Crippen LogP contribution in [0.5, 0.6) is 0 Å². The van der Waals surface area contributed by atoms with Gasteiger partial charge in [-0.25, -0.2) is 0 Å². The van der Waals surface area contributed by atoms with Crippen LogP contribution in [0, 0.1) is 6.07 Å². The summed E-state index contributed by atoms with van der Waals surface area (Å²) < 4.78 is 0. The smallest absolute Gasteiger partial charge is 0.00201 e. The van der Waals surface area contributed by atoms with Gasteiger partial charge in [0.05, 0.1) is 0 Å². The molecule has 0 fully saturated rings. The Morgan fingerprint density at radius 2 is 0.923 bits per heavy atom. The maximum absolute atomic E-state index is 3.43. The van der Waals surface area contributed by atoms with Crippen molar-refractivity contribution in [2.75, 3.05) is 0 Å². The number of hydrogen-bond donors (Lipinski definition) is 0. The topological polar surface area (TPSA) is 0 Å². The van der Waals surface area contributed by atoms with Crippen molar-refractivity contribution in [3.05, 3.63) is 109 Å². The summed E-state index contributed by atoms with van der Waals surface area (Å²) in [7, 11) is 0. The van der Waals surface area contributed by atoms with Crippen molar-refractivity contribution in [1.82, 2.24) is 0 Å². The molecule has 5 rings (SSSR count). The lowest BCUT2D eigenvalue weighted by atomic mass is 9.86. The van der Waals surface area contributed by atoms with Gasteiger partial charge in [-0.2, -0.15) is 0 Å².